The van der Waals surface area contributed by atoms with Crippen molar-refractivity contribution in [3.8, 4) is 11.8 Å². The number of ether oxygens (including phenoxy) is 1. The summed E-state index contributed by atoms with van der Waals surface area (Å²) < 4.78 is 10.9. The molecule has 7 heteroatoms. The van der Waals surface area contributed by atoms with Crippen LogP contribution in [-0.2, 0) is 11.3 Å². The van der Waals surface area contributed by atoms with Gasteiger partial charge in [-0.15, -0.1) is 0 Å². The number of carbonyl (C=O) groups is 1. The minimum absolute atomic E-state index is 0.0246. The van der Waals surface area contributed by atoms with E-state index >= 15 is 0 Å². The first-order valence-electron chi connectivity index (χ1n) is 8.66. The Balaban J connectivity index is 1.64. The number of para-hydroxylation sites is 1. The number of carbonyl (C=O) groups excluding carboxylic acids is 1. The Hall–Kier alpha value is -2.69. The van der Waals surface area contributed by atoms with E-state index in [2.05, 4.69) is 11.0 Å². The Morgan fingerprint density at radius 3 is 2.93 bits per heavy atom. The van der Waals surface area contributed by atoms with Crippen LogP contribution in [0.15, 0.2) is 57.7 Å². The minimum atomic E-state index is -0.269. The topological polar surface area (TPSA) is 69.7 Å². The van der Waals surface area contributed by atoms with Crippen molar-refractivity contribution in [2.75, 3.05) is 19.7 Å². The fourth-order valence-electron chi connectivity index (χ4n) is 3.55. The van der Waals surface area contributed by atoms with E-state index in [1.54, 1.807) is 18.3 Å². The highest BCUT2D eigenvalue weighted by Crippen LogP contribution is 2.44. The van der Waals surface area contributed by atoms with Crippen molar-refractivity contribution in [3.05, 3.63) is 64.6 Å². The molecule has 0 bridgehead atoms. The highest BCUT2D eigenvalue weighted by atomic mass is 32.2. The Labute approximate surface area is 162 Å². The summed E-state index contributed by atoms with van der Waals surface area (Å²) in [6.45, 7) is 1.10. The third-order valence-electron chi connectivity index (χ3n) is 4.82. The molecule has 0 N–H and O–H groups in total. The van der Waals surface area contributed by atoms with Crippen LogP contribution in [0.2, 0.25) is 0 Å². The number of furan rings is 1. The molecule has 0 spiro atoms. The second kappa shape index (κ2) is 7.51. The predicted octanol–water partition coefficient (Wildman–Crippen LogP) is 3.50. The molecule has 2 aliphatic rings. The average Bonchev–Trinajstić information content (AvgIpc) is 3.21. The first kappa shape index (κ1) is 17.7. The van der Waals surface area contributed by atoms with E-state index in [-0.39, 0.29) is 18.2 Å². The maximum absolute atomic E-state index is 12.9. The number of nitrogens with zero attached hydrogens (tertiary/aromatic N) is 3. The predicted molar refractivity (Wildman–Crippen MR) is 101 cm³/mol. The maximum atomic E-state index is 12.9. The summed E-state index contributed by atoms with van der Waals surface area (Å²) in [6.07, 6.45) is 1.91. The highest BCUT2D eigenvalue weighted by Gasteiger charge is 2.39. The first-order valence-corrected chi connectivity index (χ1v) is 9.65. The van der Waals surface area contributed by atoms with Crippen molar-refractivity contribution < 1.29 is 13.9 Å². The fraction of sp³-hybridized carbons (Fsp3) is 0.300. The molecule has 0 saturated carbocycles. The van der Waals surface area contributed by atoms with E-state index in [0.29, 0.717) is 30.4 Å². The number of thioether (sulfide) groups is 1. The third-order valence-corrected chi connectivity index (χ3v) is 6.03. The van der Waals surface area contributed by atoms with Gasteiger partial charge in [0.05, 0.1) is 49.1 Å². The highest BCUT2D eigenvalue weighted by molar-refractivity contribution is 8.03. The Morgan fingerprint density at radius 2 is 2.19 bits per heavy atom. The summed E-state index contributed by atoms with van der Waals surface area (Å²) in [4.78, 5) is 16.8. The quantitative estimate of drug-likeness (QED) is 0.807. The van der Waals surface area contributed by atoms with Gasteiger partial charge in [0.1, 0.15) is 11.5 Å². The molecule has 1 aromatic heterocycles. The smallest absolute Gasteiger partial charge is 0.229 e. The molecule has 6 nitrogen and oxygen atoms in total. The van der Waals surface area contributed by atoms with Gasteiger partial charge in [-0.05, 0) is 18.2 Å². The number of nitriles is 1. The third kappa shape index (κ3) is 3.34. The van der Waals surface area contributed by atoms with Crippen LogP contribution in [0.5, 0.6) is 5.75 Å². The van der Waals surface area contributed by atoms with Gasteiger partial charge in [0.2, 0.25) is 5.91 Å². The molecule has 1 amide bonds. The molecule has 27 heavy (non-hydrogen) atoms. The summed E-state index contributed by atoms with van der Waals surface area (Å²) in [6, 6.07) is 13.7. The van der Waals surface area contributed by atoms with Crippen LogP contribution in [0.4, 0.5) is 0 Å². The van der Waals surface area contributed by atoms with Gasteiger partial charge in [-0.2, -0.15) is 5.26 Å². The Bertz CT molecular complexity index is 917. The summed E-state index contributed by atoms with van der Waals surface area (Å²) in [7, 11) is 1.61. The van der Waals surface area contributed by atoms with E-state index in [4.69, 9.17) is 9.15 Å². The lowest BCUT2D eigenvalue weighted by molar-refractivity contribution is -0.132. The zero-order chi connectivity index (χ0) is 18.8. The van der Waals surface area contributed by atoms with Crippen molar-refractivity contribution in [2.45, 2.75) is 18.9 Å². The molecule has 3 heterocycles. The fourth-order valence-corrected chi connectivity index (χ4v) is 4.69. The van der Waals surface area contributed by atoms with Gasteiger partial charge < -0.3 is 9.15 Å². The van der Waals surface area contributed by atoms with Crippen LogP contribution in [0.3, 0.4) is 0 Å². The monoisotopic (exact) mass is 381 g/mol. The molecule has 138 valence electrons. The van der Waals surface area contributed by atoms with E-state index in [9.17, 15) is 10.1 Å². The van der Waals surface area contributed by atoms with Crippen molar-refractivity contribution in [2.24, 2.45) is 0 Å². The van der Waals surface area contributed by atoms with Crippen LogP contribution in [0, 0.1) is 11.3 Å². The molecular formula is C20H19N3O3S. The molecule has 1 fully saturated rings. The van der Waals surface area contributed by atoms with Crippen LogP contribution >= 0.6 is 11.8 Å². The average molecular weight is 381 g/mol. The number of hydrogen-bond donors (Lipinski definition) is 0. The van der Waals surface area contributed by atoms with Crippen molar-refractivity contribution in [3.63, 3.8) is 0 Å². The second-order valence-corrected chi connectivity index (χ2v) is 7.41. The van der Waals surface area contributed by atoms with Gasteiger partial charge in [-0.25, -0.2) is 0 Å². The van der Waals surface area contributed by atoms with Crippen molar-refractivity contribution >= 4 is 17.7 Å². The minimum Gasteiger partial charge on any atom is -0.496 e. The van der Waals surface area contributed by atoms with E-state index in [0.717, 1.165) is 16.4 Å². The van der Waals surface area contributed by atoms with Crippen LogP contribution < -0.4 is 4.74 Å². The van der Waals surface area contributed by atoms with Crippen LogP contribution in [0.25, 0.3) is 0 Å². The molecule has 1 atom stereocenters. The molecule has 1 aromatic carbocycles. The van der Waals surface area contributed by atoms with E-state index in [1.165, 1.54) is 11.8 Å². The number of hydrogen-bond acceptors (Lipinski definition) is 6. The number of methoxy groups -OCH3 is 1. The molecule has 0 aliphatic carbocycles. The number of allylic oxidation sites excluding steroid dienone is 1. The lowest BCUT2D eigenvalue weighted by Gasteiger charge is -2.41. The lowest BCUT2D eigenvalue weighted by atomic mass is 9.86. The normalized spacial score (nSPS) is 20.4. The molecular weight excluding hydrogens is 362 g/mol. The van der Waals surface area contributed by atoms with Gasteiger partial charge in [0.15, 0.2) is 0 Å². The van der Waals surface area contributed by atoms with Crippen molar-refractivity contribution in [1.29, 1.82) is 5.26 Å². The van der Waals surface area contributed by atoms with E-state index < -0.39 is 0 Å². The second-order valence-electron chi connectivity index (χ2n) is 6.47. The molecule has 4 rings (SSSR count). The summed E-state index contributed by atoms with van der Waals surface area (Å²) in [5, 5.41) is 10.6. The van der Waals surface area contributed by atoms with E-state index in [1.807, 2.05) is 36.4 Å². The van der Waals surface area contributed by atoms with Gasteiger partial charge in [-0.1, -0.05) is 30.0 Å². The van der Waals surface area contributed by atoms with Crippen LogP contribution in [0.1, 0.15) is 23.7 Å². The lowest BCUT2D eigenvalue weighted by Crippen LogP contribution is -2.46. The SMILES string of the molecule is COc1ccccc1C1CC(=O)N2CN(Cc3ccco3)CSC2=C1C#N. The molecule has 2 aliphatic heterocycles. The number of benzene rings is 1. The molecule has 1 saturated heterocycles. The van der Waals surface area contributed by atoms with Gasteiger partial charge >= 0.3 is 0 Å². The van der Waals surface area contributed by atoms with Gasteiger partial charge in [0, 0.05) is 17.9 Å². The first-order chi connectivity index (χ1) is 13.2. The van der Waals surface area contributed by atoms with Crippen molar-refractivity contribution in [1.82, 2.24) is 9.80 Å². The Kier molecular flexibility index (Phi) is 4.92. The number of amides is 1. The zero-order valence-corrected chi connectivity index (χ0v) is 15.7. The standard InChI is InChI=1S/C20H19N3O3S/c1-25-18-7-3-2-6-15(18)16-9-19(24)23-12-22(11-14-5-4-8-26-14)13-27-20(23)17(16)10-21/h2-8,16H,9,11-13H2,1H3. The van der Waals surface area contributed by atoms with Gasteiger partial charge in [-0.3, -0.25) is 14.6 Å². The largest absolute Gasteiger partial charge is 0.496 e. The number of rotatable bonds is 4. The Morgan fingerprint density at radius 1 is 1.33 bits per heavy atom. The molecule has 1 unspecified atom stereocenters. The summed E-state index contributed by atoms with van der Waals surface area (Å²) in [5.74, 6) is 2.02. The molecule has 0 radical (unpaired) electrons. The van der Waals surface area contributed by atoms with Gasteiger partial charge in [0.25, 0.3) is 0 Å². The maximum Gasteiger partial charge on any atom is 0.229 e. The molecule has 2 aromatic rings. The summed E-state index contributed by atoms with van der Waals surface area (Å²) >= 11 is 1.53. The zero-order valence-electron chi connectivity index (χ0n) is 14.9. The van der Waals surface area contributed by atoms with Crippen LogP contribution in [-0.4, -0.2) is 35.4 Å². The number of fused-ring (bicyclic) bond motifs is 1. The summed E-state index contributed by atoms with van der Waals surface area (Å²) in [5.41, 5.74) is 1.53.